The second-order valence-electron chi connectivity index (χ2n) is 8.43. The Bertz CT molecular complexity index is 1320. The van der Waals surface area contributed by atoms with E-state index in [0.29, 0.717) is 30.0 Å². The van der Waals surface area contributed by atoms with Crippen LogP contribution in [0.25, 0.3) is 20.7 Å². The number of fused-ring (bicyclic) bond motifs is 1. The van der Waals surface area contributed by atoms with Gasteiger partial charge >= 0.3 is 0 Å². The van der Waals surface area contributed by atoms with Crippen molar-refractivity contribution < 1.29 is 9.53 Å². The van der Waals surface area contributed by atoms with Gasteiger partial charge in [-0.1, -0.05) is 35.9 Å². The number of rotatable bonds is 7. The Kier molecular flexibility index (Phi) is 6.87. The molecule has 1 fully saturated rings. The van der Waals surface area contributed by atoms with Crippen LogP contribution < -0.4 is 10.9 Å². The molecule has 5 rings (SSSR count). The maximum Gasteiger partial charge on any atom is 0.263 e. The van der Waals surface area contributed by atoms with E-state index in [2.05, 4.69) is 39.5 Å². The zero-order valence-corrected chi connectivity index (χ0v) is 20.5. The Morgan fingerprint density at radius 2 is 1.97 bits per heavy atom. The van der Waals surface area contributed by atoms with Crippen molar-refractivity contribution in [1.29, 1.82) is 0 Å². The van der Waals surface area contributed by atoms with Gasteiger partial charge in [-0.25, -0.2) is 4.98 Å². The van der Waals surface area contributed by atoms with Crippen LogP contribution in [0.4, 0.5) is 0 Å². The summed E-state index contributed by atoms with van der Waals surface area (Å²) in [5, 5.41) is 7.68. The van der Waals surface area contributed by atoms with E-state index < -0.39 is 0 Å². The molecule has 0 aliphatic carbocycles. The molecule has 4 heterocycles. The van der Waals surface area contributed by atoms with Crippen LogP contribution >= 0.6 is 22.7 Å². The van der Waals surface area contributed by atoms with Crippen LogP contribution in [0.3, 0.4) is 0 Å². The zero-order chi connectivity index (χ0) is 23.5. The molecule has 1 aliphatic heterocycles. The van der Waals surface area contributed by atoms with Gasteiger partial charge in [0.15, 0.2) is 0 Å². The van der Waals surface area contributed by atoms with Gasteiger partial charge in [-0.05, 0) is 23.9 Å². The fraction of sp³-hybridized carbons (Fsp3) is 0.320. The van der Waals surface area contributed by atoms with Crippen LogP contribution in [0, 0.1) is 6.92 Å². The molecule has 1 saturated heterocycles. The third-order valence-electron chi connectivity index (χ3n) is 6.02. The molecule has 176 valence electrons. The molecular formula is C25H26N4O3S2. The minimum Gasteiger partial charge on any atom is -0.379 e. The first kappa shape index (κ1) is 22.9. The summed E-state index contributed by atoms with van der Waals surface area (Å²) >= 11 is 3.03. The average Bonchev–Trinajstić information content (AvgIpc) is 3.52. The van der Waals surface area contributed by atoms with Crippen molar-refractivity contribution in [1.82, 2.24) is 19.8 Å². The second kappa shape index (κ2) is 10.2. The van der Waals surface area contributed by atoms with Gasteiger partial charge in [0.1, 0.15) is 11.4 Å². The number of ether oxygens (including phenoxy) is 1. The average molecular weight is 495 g/mol. The molecule has 1 atom stereocenters. The minimum absolute atomic E-state index is 0.0764. The van der Waals surface area contributed by atoms with E-state index in [1.807, 2.05) is 29.8 Å². The SMILES string of the molecule is Cc1ccc(C(CN2CCOCC2)NC(=O)Cn2cnc3scc(-c4cccs4)c3c2=O)cc1. The molecule has 0 saturated carbocycles. The van der Waals surface area contributed by atoms with Crippen LogP contribution in [0.2, 0.25) is 0 Å². The summed E-state index contributed by atoms with van der Waals surface area (Å²) in [6.45, 7) is 5.73. The lowest BCUT2D eigenvalue weighted by Crippen LogP contribution is -2.44. The molecule has 4 aromatic rings. The van der Waals surface area contributed by atoms with Crippen LogP contribution in [0.15, 0.2) is 58.3 Å². The highest BCUT2D eigenvalue weighted by Gasteiger charge is 2.21. The number of carbonyl (C=O) groups excluding carboxylic acids is 1. The molecule has 0 bridgehead atoms. The number of aryl methyl sites for hydroxylation is 1. The Morgan fingerprint density at radius 3 is 2.71 bits per heavy atom. The molecule has 7 nitrogen and oxygen atoms in total. The Morgan fingerprint density at radius 1 is 1.18 bits per heavy atom. The van der Waals surface area contributed by atoms with Crippen LogP contribution in [-0.4, -0.2) is 53.2 Å². The van der Waals surface area contributed by atoms with Gasteiger partial charge in [0.05, 0.1) is 31.0 Å². The third kappa shape index (κ3) is 4.97. The lowest BCUT2D eigenvalue weighted by atomic mass is 10.0. The number of aromatic nitrogens is 2. The summed E-state index contributed by atoms with van der Waals surface area (Å²) in [6, 6.07) is 12.0. The zero-order valence-electron chi connectivity index (χ0n) is 18.9. The van der Waals surface area contributed by atoms with Gasteiger partial charge in [0.25, 0.3) is 5.56 Å². The normalized spacial score (nSPS) is 15.4. The smallest absolute Gasteiger partial charge is 0.263 e. The number of hydrogen-bond donors (Lipinski definition) is 1. The number of morpholine rings is 1. The number of nitrogens with zero attached hydrogens (tertiary/aromatic N) is 3. The molecule has 1 amide bonds. The van der Waals surface area contributed by atoms with Gasteiger partial charge in [0, 0.05) is 35.5 Å². The second-order valence-corrected chi connectivity index (χ2v) is 10.2. The number of amides is 1. The summed E-state index contributed by atoms with van der Waals surface area (Å²) in [5.74, 6) is -0.213. The van der Waals surface area contributed by atoms with Gasteiger partial charge in [-0.15, -0.1) is 22.7 Å². The quantitative estimate of drug-likeness (QED) is 0.424. The molecular weight excluding hydrogens is 468 g/mol. The van der Waals surface area contributed by atoms with Crippen LogP contribution in [-0.2, 0) is 16.1 Å². The Balaban J connectivity index is 1.37. The minimum atomic E-state index is -0.213. The largest absolute Gasteiger partial charge is 0.379 e. The fourth-order valence-electron chi connectivity index (χ4n) is 4.16. The van der Waals surface area contributed by atoms with Crippen molar-refractivity contribution in [3.8, 4) is 10.4 Å². The maximum absolute atomic E-state index is 13.3. The van der Waals surface area contributed by atoms with Crippen molar-refractivity contribution in [2.75, 3.05) is 32.8 Å². The lowest BCUT2D eigenvalue weighted by Gasteiger charge is -2.31. The number of carbonyl (C=O) groups is 1. The summed E-state index contributed by atoms with van der Waals surface area (Å²) in [6.07, 6.45) is 1.47. The summed E-state index contributed by atoms with van der Waals surface area (Å²) in [7, 11) is 0. The maximum atomic E-state index is 13.3. The molecule has 1 aliphatic rings. The first-order valence-electron chi connectivity index (χ1n) is 11.2. The van der Waals surface area contributed by atoms with Crippen LogP contribution in [0.1, 0.15) is 17.2 Å². The molecule has 0 spiro atoms. The van der Waals surface area contributed by atoms with Crippen molar-refractivity contribution in [3.63, 3.8) is 0 Å². The first-order valence-corrected chi connectivity index (χ1v) is 13.0. The van der Waals surface area contributed by atoms with E-state index in [0.717, 1.165) is 29.1 Å². The van der Waals surface area contributed by atoms with Gasteiger partial charge < -0.3 is 10.1 Å². The van der Waals surface area contributed by atoms with Crippen molar-refractivity contribution in [2.24, 2.45) is 0 Å². The molecule has 1 unspecified atom stereocenters. The fourth-order valence-corrected chi connectivity index (χ4v) is 5.88. The highest BCUT2D eigenvalue weighted by molar-refractivity contribution is 7.18. The predicted octanol–water partition coefficient (Wildman–Crippen LogP) is 3.68. The van der Waals surface area contributed by atoms with Crippen molar-refractivity contribution >= 4 is 38.8 Å². The third-order valence-corrected chi connectivity index (χ3v) is 7.81. The number of hydrogen-bond acceptors (Lipinski definition) is 7. The number of thiophene rings is 2. The number of benzene rings is 1. The topological polar surface area (TPSA) is 76.5 Å². The summed E-state index contributed by atoms with van der Waals surface area (Å²) < 4.78 is 6.87. The molecule has 1 N–H and O–H groups in total. The highest BCUT2D eigenvalue weighted by atomic mass is 32.1. The molecule has 34 heavy (non-hydrogen) atoms. The van der Waals surface area contributed by atoms with Gasteiger partial charge in [-0.3, -0.25) is 19.1 Å². The Labute approximate surface area is 205 Å². The molecule has 3 aromatic heterocycles. The van der Waals surface area contributed by atoms with E-state index in [1.54, 1.807) is 11.3 Å². The van der Waals surface area contributed by atoms with Gasteiger partial charge in [-0.2, -0.15) is 0 Å². The van der Waals surface area contributed by atoms with E-state index in [4.69, 9.17) is 4.74 Å². The first-order chi connectivity index (χ1) is 16.6. The summed E-state index contributed by atoms with van der Waals surface area (Å²) in [4.78, 5) is 34.9. The molecule has 9 heteroatoms. The number of nitrogens with one attached hydrogen (secondary N) is 1. The van der Waals surface area contributed by atoms with Gasteiger partial charge in [0.2, 0.25) is 5.91 Å². The Hall–Kier alpha value is -2.85. The standard InChI is InChI=1S/C25H26N4O3S2/c1-17-4-6-18(7-5-17)20(13-28-8-10-32-11-9-28)27-22(30)14-29-16-26-24-23(25(29)31)19(15-34-24)21-3-2-12-33-21/h2-7,12,15-16,20H,8-11,13-14H2,1H3,(H,27,30). The van der Waals surface area contributed by atoms with Crippen molar-refractivity contribution in [3.05, 3.63) is 75.0 Å². The van der Waals surface area contributed by atoms with E-state index >= 15 is 0 Å². The molecule has 1 aromatic carbocycles. The lowest BCUT2D eigenvalue weighted by molar-refractivity contribution is -0.122. The van der Waals surface area contributed by atoms with E-state index in [9.17, 15) is 9.59 Å². The monoisotopic (exact) mass is 494 g/mol. The molecule has 0 radical (unpaired) electrons. The summed E-state index contributed by atoms with van der Waals surface area (Å²) in [5.41, 5.74) is 2.91. The highest BCUT2D eigenvalue weighted by Crippen LogP contribution is 2.33. The predicted molar refractivity (Wildman–Crippen MR) is 137 cm³/mol. The van der Waals surface area contributed by atoms with E-state index in [1.165, 1.54) is 27.8 Å². The van der Waals surface area contributed by atoms with Crippen LogP contribution in [0.5, 0.6) is 0 Å². The van der Waals surface area contributed by atoms with Crippen molar-refractivity contribution in [2.45, 2.75) is 19.5 Å². The van der Waals surface area contributed by atoms with E-state index in [-0.39, 0.29) is 24.1 Å².